The topological polar surface area (TPSA) is 43.1 Å². The van der Waals surface area contributed by atoms with Gasteiger partial charge in [0, 0.05) is 5.92 Å². The van der Waals surface area contributed by atoms with E-state index in [-0.39, 0.29) is 17.2 Å². The summed E-state index contributed by atoms with van der Waals surface area (Å²) in [6.07, 6.45) is 5.56. The second-order valence-corrected chi connectivity index (χ2v) is 3.92. The van der Waals surface area contributed by atoms with Crippen molar-refractivity contribution in [3.05, 3.63) is 0 Å². The first-order valence-electron chi connectivity index (χ1n) is 4.95. The summed E-state index contributed by atoms with van der Waals surface area (Å²) in [6, 6.07) is 0. The third-order valence-corrected chi connectivity index (χ3v) is 3.66. The summed E-state index contributed by atoms with van der Waals surface area (Å²) in [4.78, 5) is 11.2. The molecular weight excluding hydrogens is 150 g/mol. The van der Waals surface area contributed by atoms with Gasteiger partial charge in [-0.1, -0.05) is 20.3 Å². The molecule has 2 heteroatoms. The Morgan fingerprint density at radius 1 is 1.50 bits per heavy atom. The third-order valence-electron chi connectivity index (χ3n) is 3.66. The Morgan fingerprint density at radius 2 is 2.08 bits per heavy atom. The summed E-state index contributed by atoms with van der Waals surface area (Å²) in [5, 5.41) is 0. The fraction of sp³-hybridized carbons (Fsp3) is 0.900. The maximum Gasteiger partial charge on any atom is 0.221 e. The predicted molar refractivity (Wildman–Crippen MR) is 49.6 cm³/mol. The first-order chi connectivity index (χ1) is 5.66. The van der Waals surface area contributed by atoms with Crippen LogP contribution in [0.1, 0.15) is 46.0 Å². The lowest BCUT2D eigenvalue weighted by Crippen LogP contribution is -2.34. The van der Waals surface area contributed by atoms with Gasteiger partial charge in [0.25, 0.3) is 0 Å². The molecule has 1 unspecified atom stereocenters. The largest absolute Gasteiger partial charge is 0.369 e. The molecule has 0 aromatic carbocycles. The van der Waals surface area contributed by atoms with Crippen molar-refractivity contribution in [3.8, 4) is 0 Å². The summed E-state index contributed by atoms with van der Waals surface area (Å²) >= 11 is 0. The Labute approximate surface area is 74.5 Å². The molecule has 0 aliphatic heterocycles. The van der Waals surface area contributed by atoms with E-state index in [1.54, 1.807) is 0 Å². The highest BCUT2D eigenvalue weighted by molar-refractivity contribution is 5.77. The van der Waals surface area contributed by atoms with Crippen molar-refractivity contribution in [3.63, 3.8) is 0 Å². The van der Waals surface area contributed by atoms with Crippen LogP contribution in [0.3, 0.4) is 0 Å². The van der Waals surface area contributed by atoms with Gasteiger partial charge >= 0.3 is 0 Å². The van der Waals surface area contributed by atoms with E-state index in [0.717, 1.165) is 19.3 Å². The van der Waals surface area contributed by atoms with E-state index in [9.17, 15) is 4.79 Å². The SMILES string of the molecule is CCC1(CC)CCCC1C(N)=O. The fourth-order valence-electron chi connectivity index (χ4n) is 2.68. The zero-order valence-electron chi connectivity index (χ0n) is 8.10. The van der Waals surface area contributed by atoms with Gasteiger partial charge in [-0.05, 0) is 31.1 Å². The molecule has 0 saturated heterocycles. The number of carbonyl (C=O) groups excluding carboxylic acids is 1. The van der Waals surface area contributed by atoms with E-state index in [1.807, 2.05) is 0 Å². The zero-order chi connectivity index (χ0) is 9.19. The summed E-state index contributed by atoms with van der Waals surface area (Å²) in [5.74, 6) is 0.0590. The van der Waals surface area contributed by atoms with Gasteiger partial charge < -0.3 is 5.73 Å². The van der Waals surface area contributed by atoms with E-state index in [0.29, 0.717) is 0 Å². The lowest BCUT2D eigenvalue weighted by molar-refractivity contribution is -0.125. The van der Waals surface area contributed by atoms with Gasteiger partial charge in [-0.3, -0.25) is 4.79 Å². The lowest BCUT2D eigenvalue weighted by atomic mass is 9.73. The summed E-state index contributed by atoms with van der Waals surface area (Å²) < 4.78 is 0. The number of nitrogens with two attached hydrogens (primary N) is 1. The van der Waals surface area contributed by atoms with Gasteiger partial charge in [0.05, 0.1) is 0 Å². The minimum atomic E-state index is -0.0869. The summed E-state index contributed by atoms with van der Waals surface area (Å²) in [6.45, 7) is 4.34. The average Bonchev–Trinajstić information content (AvgIpc) is 2.48. The van der Waals surface area contributed by atoms with Crippen molar-refractivity contribution in [2.24, 2.45) is 17.1 Å². The standard InChI is InChI=1S/C10H19NO/c1-3-10(4-2)7-5-6-8(10)9(11)12/h8H,3-7H2,1-2H3,(H2,11,12). The molecule has 0 spiro atoms. The molecule has 1 atom stereocenters. The van der Waals surface area contributed by atoms with Crippen LogP contribution in [0.5, 0.6) is 0 Å². The molecule has 12 heavy (non-hydrogen) atoms. The van der Waals surface area contributed by atoms with Crippen LogP contribution in [0.4, 0.5) is 0 Å². The smallest absolute Gasteiger partial charge is 0.221 e. The van der Waals surface area contributed by atoms with E-state index in [2.05, 4.69) is 13.8 Å². The van der Waals surface area contributed by atoms with Crippen LogP contribution >= 0.6 is 0 Å². The van der Waals surface area contributed by atoms with E-state index in [4.69, 9.17) is 5.73 Å². The maximum absolute atomic E-state index is 11.2. The number of hydrogen-bond donors (Lipinski definition) is 1. The highest BCUT2D eigenvalue weighted by Gasteiger charge is 2.42. The Hall–Kier alpha value is -0.530. The number of carbonyl (C=O) groups is 1. The van der Waals surface area contributed by atoms with Gasteiger partial charge in [-0.2, -0.15) is 0 Å². The second-order valence-electron chi connectivity index (χ2n) is 3.92. The van der Waals surface area contributed by atoms with E-state index < -0.39 is 0 Å². The first-order valence-corrected chi connectivity index (χ1v) is 4.95. The van der Waals surface area contributed by atoms with Crippen molar-refractivity contribution in [2.75, 3.05) is 0 Å². The molecule has 1 fully saturated rings. The minimum Gasteiger partial charge on any atom is -0.369 e. The van der Waals surface area contributed by atoms with Crippen LogP contribution in [0.2, 0.25) is 0 Å². The van der Waals surface area contributed by atoms with Crippen molar-refractivity contribution >= 4 is 5.91 Å². The molecule has 1 rings (SSSR count). The normalized spacial score (nSPS) is 27.3. The third kappa shape index (κ3) is 1.35. The van der Waals surface area contributed by atoms with Crippen molar-refractivity contribution in [1.29, 1.82) is 0 Å². The van der Waals surface area contributed by atoms with Gasteiger partial charge in [0.15, 0.2) is 0 Å². The van der Waals surface area contributed by atoms with Gasteiger partial charge in [-0.25, -0.2) is 0 Å². The quantitative estimate of drug-likeness (QED) is 0.690. The van der Waals surface area contributed by atoms with Crippen LogP contribution in [0.15, 0.2) is 0 Å². The van der Waals surface area contributed by atoms with Crippen LogP contribution in [-0.4, -0.2) is 5.91 Å². The Bertz CT molecular complexity index is 173. The molecule has 0 bridgehead atoms. The average molecular weight is 169 g/mol. The predicted octanol–water partition coefficient (Wildman–Crippen LogP) is 2.08. The molecule has 0 heterocycles. The molecule has 0 aromatic rings. The molecule has 70 valence electrons. The van der Waals surface area contributed by atoms with Crippen molar-refractivity contribution in [1.82, 2.24) is 0 Å². The van der Waals surface area contributed by atoms with Crippen LogP contribution in [-0.2, 0) is 4.79 Å². The number of rotatable bonds is 3. The highest BCUT2D eigenvalue weighted by atomic mass is 16.1. The van der Waals surface area contributed by atoms with Crippen LogP contribution in [0.25, 0.3) is 0 Å². The second kappa shape index (κ2) is 3.46. The molecule has 0 aromatic heterocycles. The molecule has 0 radical (unpaired) electrons. The molecule has 2 nitrogen and oxygen atoms in total. The minimum absolute atomic E-state index is 0.0869. The summed E-state index contributed by atoms with van der Waals surface area (Å²) in [5.41, 5.74) is 5.63. The van der Waals surface area contributed by atoms with Gasteiger partial charge in [0.2, 0.25) is 5.91 Å². The summed E-state index contributed by atoms with van der Waals surface area (Å²) in [7, 11) is 0. The lowest BCUT2D eigenvalue weighted by Gasteiger charge is -2.31. The van der Waals surface area contributed by atoms with Gasteiger partial charge in [0.1, 0.15) is 0 Å². The molecule has 1 amide bonds. The molecular formula is C10H19NO. The Morgan fingerprint density at radius 3 is 2.42 bits per heavy atom. The molecule has 1 saturated carbocycles. The first kappa shape index (κ1) is 9.56. The van der Waals surface area contributed by atoms with Crippen LogP contribution in [0, 0.1) is 11.3 Å². The Balaban J connectivity index is 2.78. The number of primary amides is 1. The van der Waals surface area contributed by atoms with E-state index in [1.165, 1.54) is 12.8 Å². The maximum atomic E-state index is 11.2. The van der Waals surface area contributed by atoms with Crippen molar-refractivity contribution < 1.29 is 4.79 Å². The molecule has 1 aliphatic rings. The van der Waals surface area contributed by atoms with E-state index >= 15 is 0 Å². The number of hydrogen-bond acceptors (Lipinski definition) is 1. The number of amides is 1. The zero-order valence-corrected chi connectivity index (χ0v) is 8.10. The van der Waals surface area contributed by atoms with Gasteiger partial charge in [-0.15, -0.1) is 0 Å². The Kier molecular flexibility index (Phi) is 2.76. The van der Waals surface area contributed by atoms with Crippen LogP contribution < -0.4 is 5.73 Å². The molecule has 1 aliphatic carbocycles. The fourth-order valence-corrected chi connectivity index (χ4v) is 2.68. The monoisotopic (exact) mass is 169 g/mol. The van der Waals surface area contributed by atoms with Crippen molar-refractivity contribution in [2.45, 2.75) is 46.0 Å². The highest BCUT2D eigenvalue weighted by Crippen LogP contribution is 2.48. The molecule has 2 N–H and O–H groups in total.